The second kappa shape index (κ2) is 68.3. The minimum atomic E-state index is -1.64. The predicted molar refractivity (Wildman–Crippen MR) is 379 cm³/mol. The van der Waals surface area contributed by atoms with Gasteiger partial charge in [0.25, 0.3) is 0 Å². The third kappa shape index (κ3) is 69.7. The molecule has 0 amide bonds. The van der Waals surface area contributed by atoms with Gasteiger partial charge in [-0.1, -0.05) is 280 Å². The number of nitrogens with zero attached hydrogens (tertiary/aromatic N) is 1. The Kier molecular flexibility index (Phi) is 64.0. The number of carboxylic acid groups (broad SMARTS) is 1. The number of aliphatic carboxylic acids is 1. The number of quaternary nitrogens is 1. The Morgan fingerprint density at radius 1 is 0.337 bits per heavy atom. The van der Waals surface area contributed by atoms with Gasteiger partial charge in [0.05, 0.1) is 40.3 Å². The molecule has 0 aliphatic rings. The van der Waals surface area contributed by atoms with Crippen LogP contribution in [0.2, 0.25) is 0 Å². The van der Waals surface area contributed by atoms with Crippen molar-refractivity contribution in [1.82, 2.24) is 0 Å². The fourth-order valence-electron chi connectivity index (χ4n) is 8.88. The number of hydrogen-bond acceptors (Lipinski definition) is 8. The van der Waals surface area contributed by atoms with Crippen molar-refractivity contribution in [3.05, 3.63) is 182 Å². The molecule has 0 aromatic rings. The van der Waals surface area contributed by atoms with Crippen LogP contribution in [0.3, 0.4) is 0 Å². The van der Waals surface area contributed by atoms with Crippen LogP contribution in [0, 0.1) is 0 Å². The van der Waals surface area contributed by atoms with Crippen molar-refractivity contribution in [2.75, 3.05) is 47.5 Å². The van der Waals surface area contributed by atoms with Gasteiger partial charge in [-0.15, -0.1) is 0 Å². The van der Waals surface area contributed by atoms with Gasteiger partial charge in [-0.3, -0.25) is 9.59 Å². The lowest BCUT2D eigenvalue weighted by molar-refractivity contribution is -0.870. The third-order valence-corrected chi connectivity index (χ3v) is 14.1. The maximum Gasteiger partial charge on any atom is 0.306 e. The number of rotatable bonds is 62. The summed E-state index contributed by atoms with van der Waals surface area (Å²) in [5, 5.41) is 11.8. The molecule has 0 aliphatic carbocycles. The Morgan fingerprint density at radius 3 is 0.899 bits per heavy atom. The van der Waals surface area contributed by atoms with E-state index in [1.807, 2.05) is 21.1 Å². The summed E-state index contributed by atoms with van der Waals surface area (Å²) in [6.07, 6.45) is 101. The topological polar surface area (TPSA) is 111 Å². The number of carbonyl (C=O) groups excluding carboxylic acids is 3. The Bertz CT molecular complexity index is 2120. The Morgan fingerprint density at radius 2 is 0.607 bits per heavy atom. The summed E-state index contributed by atoms with van der Waals surface area (Å²) in [6, 6.07) is 0. The lowest BCUT2D eigenvalue weighted by Crippen LogP contribution is -2.44. The zero-order valence-corrected chi connectivity index (χ0v) is 57.0. The number of ether oxygens (including phenoxy) is 4. The molecule has 0 saturated heterocycles. The first-order valence-corrected chi connectivity index (χ1v) is 34.9. The molecule has 500 valence electrons. The van der Waals surface area contributed by atoms with Gasteiger partial charge in [0.1, 0.15) is 13.2 Å². The van der Waals surface area contributed by atoms with Gasteiger partial charge in [-0.25, -0.2) is 0 Å². The van der Waals surface area contributed by atoms with E-state index in [0.717, 1.165) is 167 Å². The minimum Gasteiger partial charge on any atom is -0.545 e. The molecule has 0 radical (unpaired) electrons. The fourth-order valence-corrected chi connectivity index (χ4v) is 8.88. The molecule has 2 unspecified atom stereocenters. The van der Waals surface area contributed by atoms with Crippen LogP contribution in [0.15, 0.2) is 182 Å². The highest BCUT2D eigenvalue weighted by Crippen LogP contribution is 2.15. The van der Waals surface area contributed by atoms with Crippen LogP contribution in [0.4, 0.5) is 0 Å². The van der Waals surface area contributed by atoms with Gasteiger partial charge in [0, 0.05) is 12.8 Å². The van der Waals surface area contributed by atoms with Gasteiger partial charge < -0.3 is 33.3 Å². The second-order valence-electron chi connectivity index (χ2n) is 23.7. The van der Waals surface area contributed by atoms with Crippen LogP contribution in [-0.4, -0.2) is 82.3 Å². The van der Waals surface area contributed by atoms with Gasteiger partial charge in [0.2, 0.25) is 0 Å². The van der Waals surface area contributed by atoms with Crippen molar-refractivity contribution in [3.8, 4) is 0 Å². The van der Waals surface area contributed by atoms with Gasteiger partial charge >= 0.3 is 11.9 Å². The SMILES string of the molecule is CC/C=C\C/C=C\C/C=C\C/C=C\C/C=C\C/C=C\C/C=C\C/C=C\CCCCCCCCC(=O)OC(COC(=O)CCCCCCCCCCCCC/C=C\C/C=C\C/C=C\C/C=C\C/C=C\C/C=C\C/C=C\CC)COC(OCC[N+](C)(C)C)C(=O)[O-]. The largest absolute Gasteiger partial charge is 0.545 e. The highest BCUT2D eigenvalue weighted by atomic mass is 16.7. The minimum absolute atomic E-state index is 0.134. The van der Waals surface area contributed by atoms with Crippen LogP contribution in [0.5, 0.6) is 0 Å². The van der Waals surface area contributed by atoms with E-state index < -0.39 is 24.3 Å². The van der Waals surface area contributed by atoms with Crippen molar-refractivity contribution in [1.29, 1.82) is 0 Å². The monoisotopic (exact) mass is 1230 g/mol. The summed E-state index contributed by atoms with van der Waals surface area (Å²) < 4.78 is 22.8. The summed E-state index contributed by atoms with van der Waals surface area (Å²) >= 11 is 0. The Hall–Kier alpha value is -5.61. The molecule has 0 saturated carbocycles. The quantitative estimate of drug-likeness (QED) is 0.0195. The van der Waals surface area contributed by atoms with Crippen molar-refractivity contribution in [3.63, 3.8) is 0 Å². The highest BCUT2D eigenvalue weighted by molar-refractivity contribution is 5.70. The van der Waals surface area contributed by atoms with E-state index in [2.05, 4.69) is 196 Å². The van der Waals surface area contributed by atoms with Crippen LogP contribution in [-0.2, 0) is 33.3 Å². The molecule has 9 heteroatoms. The number of unbranched alkanes of at least 4 members (excludes halogenated alkanes) is 17. The molecule has 2 atom stereocenters. The number of esters is 2. The molecular weight excluding hydrogens is 1100 g/mol. The average molecular weight is 1230 g/mol. The number of allylic oxidation sites excluding steroid dienone is 30. The van der Waals surface area contributed by atoms with Crippen molar-refractivity contribution < 1.29 is 42.9 Å². The molecule has 89 heavy (non-hydrogen) atoms. The number of hydrogen-bond donors (Lipinski definition) is 0. The van der Waals surface area contributed by atoms with E-state index >= 15 is 0 Å². The van der Waals surface area contributed by atoms with Crippen LogP contribution < -0.4 is 5.11 Å². The van der Waals surface area contributed by atoms with Gasteiger partial charge in [0.15, 0.2) is 12.4 Å². The first kappa shape index (κ1) is 83.4. The molecule has 0 aromatic heterocycles. The summed E-state index contributed by atoms with van der Waals surface area (Å²) in [7, 11) is 5.91. The lowest BCUT2D eigenvalue weighted by atomic mass is 10.0. The van der Waals surface area contributed by atoms with Gasteiger partial charge in [-0.05, 0) is 135 Å². The molecule has 0 N–H and O–H groups in total. The van der Waals surface area contributed by atoms with Crippen molar-refractivity contribution in [2.24, 2.45) is 0 Å². The lowest BCUT2D eigenvalue weighted by Gasteiger charge is -2.26. The zero-order valence-electron chi connectivity index (χ0n) is 57.0. The summed E-state index contributed by atoms with van der Waals surface area (Å²) in [6.45, 7) is 4.48. The normalized spacial score (nSPS) is 13.9. The van der Waals surface area contributed by atoms with E-state index in [0.29, 0.717) is 17.4 Å². The molecule has 0 heterocycles. The predicted octanol–water partition coefficient (Wildman–Crippen LogP) is 20.7. The summed E-state index contributed by atoms with van der Waals surface area (Å²) in [4.78, 5) is 37.5. The molecule has 0 aromatic carbocycles. The molecule has 0 bridgehead atoms. The smallest absolute Gasteiger partial charge is 0.306 e. The Labute approximate surface area is 545 Å². The van der Waals surface area contributed by atoms with Crippen LogP contribution in [0.1, 0.15) is 245 Å². The molecule has 0 fully saturated rings. The third-order valence-electron chi connectivity index (χ3n) is 14.1. The number of likely N-dealkylation sites (N-methyl/N-ethyl adjacent to an activating group) is 1. The molecule has 0 rings (SSSR count). The maximum atomic E-state index is 12.9. The molecule has 9 nitrogen and oxygen atoms in total. The van der Waals surface area contributed by atoms with Crippen molar-refractivity contribution >= 4 is 17.9 Å². The highest BCUT2D eigenvalue weighted by Gasteiger charge is 2.22. The maximum absolute atomic E-state index is 12.9. The molecule has 0 spiro atoms. The molecule has 0 aliphatic heterocycles. The van der Waals surface area contributed by atoms with E-state index in [1.165, 1.54) is 44.9 Å². The first-order chi connectivity index (χ1) is 43.6. The van der Waals surface area contributed by atoms with Gasteiger partial charge in [-0.2, -0.15) is 0 Å². The van der Waals surface area contributed by atoms with Crippen LogP contribution >= 0.6 is 0 Å². The standard InChI is InChI=1S/C80H127NO8/c1-6-8-10-12-14-16-18-20-22-24-26-28-30-32-34-36-38-39-41-42-44-46-48-50-52-54-56-58-60-62-64-66-68-70-77(82)87-74-76(75-88-80(79(84)85)86-73-72-81(3,4)5)89-78(83)71-69-67-65-63-61-59-57-55-53-51-49-47-45-43-40-37-35-33-31-29-27-25-23-21-19-17-15-13-11-9-7-2/h8-11,14-17,20-23,26-29,32-35,38-40,42-44,47,49,53,55,76,80H,6-7,12-13,18-19,24-25,30-31,36-37,41,45-46,48,50-52,54,56-75H2,1-5H3/b10-8-,11-9-,16-14-,17-15-,22-20-,23-21-,28-26-,29-27-,34-32-,35-33-,39-38-,43-40-,44-42-,49-47-,55-53-. The second-order valence-corrected chi connectivity index (χ2v) is 23.7. The van der Waals surface area contributed by atoms with E-state index in [-0.39, 0.29) is 38.6 Å². The number of carbonyl (C=O) groups is 3. The fraction of sp³-hybridized carbons (Fsp3) is 0.588. The summed E-state index contributed by atoms with van der Waals surface area (Å²) in [5.74, 6) is -2.33. The van der Waals surface area contributed by atoms with E-state index in [9.17, 15) is 19.5 Å². The number of carboxylic acids is 1. The van der Waals surface area contributed by atoms with Crippen molar-refractivity contribution in [2.45, 2.75) is 257 Å². The summed E-state index contributed by atoms with van der Waals surface area (Å²) in [5.41, 5.74) is 0. The Balaban J connectivity index is 4.24. The van der Waals surface area contributed by atoms with Crippen LogP contribution in [0.25, 0.3) is 0 Å². The first-order valence-electron chi connectivity index (χ1n) is 34.9. The van der Waals surface area contributed by atoms with E-state index in [4.69, 9.17) is 18.9 Å². The molecular formula is C80H127NO8. The van der Waals surface area contributed by atoms with E-state index in [1.54, 1.807) is 0 Å². The zero-order chi connectivity index (χ0) is 64.7. The average Bonchev–Trinajstić information content (AvgIpc) is 3.64.